The molecule has 1 saturated heterocycles. The van der Waals surface area contributed by atoms with Crippen LogP contribution in [0, 0.1) is 0 Å². The lowest BCUT2D eigenvalue weighted by Crippen LogP contribution is -2.62. The third-order valence-electron chi connectivity index (χ3n) is 4.59. The third kappa shape index (κ3) is 3.62. The van der Waals surface area contributed by atoms with Crippen molar-refractivity contribution in [2.45, 2.75) is 31.3 Å². The summed E-state index contributed by atoms with van der Waals surface area (Å²) in [5.74, 6) is -1.96. The van der Waals surface area contributed by atoms with Gasteiger partial charge in [-0.3, -0.25) is 9.69 Å². The van der Waals surface area contributed by atoms with Gasteiger partial charge >= 0.3 is 19.1 Å². The van der Waals surface area contributed by atoms with Crippen molar-refractivity contribution in [1.29, 1.82) is 0 Å². The van der Waals surface area contributed by atoms with Crippen molar-refractivity contribution in [3.63, 3.8) is 0 Å². The molecule has 1 fully saturated rings. The molecule has 3 rings (SSSR count). The molecule has 5 N–H and O–H groups in total. The molecule has 26 heavy (non-hydrogen) atoms. The van der Waals surface area contributed by atoms with E-state index in [4.69, 9.17) is 20.2 Å². The molecular formula is C16H21BN2O7. The molecule has 1 atom stereocenters. The van der Waals surface area contributed by atoms with Crippen molar-refractivity contribution in [2.24, 2.45) is 5.73 Å². The van der Waals surface area contributed by atoms with E-state index in [9.17, 15) is 19.7 Å². The lowest BCUT2D eigenvalue weighted by Gasteiger charge is -2.42. The number of hydrogen-bond donors (Lipinski definition) is 4. The summed E-state index contributed by atoms with van der Waals surface area (Å²) >= 11 is 0. The van der Waals surface area contributed by atoms with E-state index in [-0.39, 0.29) is 29.7 Å². The van der Waals surface area contributed by atoms with Gasteiger partial charge in [-0.2, -0.15) is 0 Å². The highest BCUT2D eigenvalue weighted by molar-refractivity contribution is 6.44. The first-order valence-electron chi connectivity index (χ1n) is 8.32. The number of carboxylic acid groups (broad SMARTS) is 2. The van der Waals surface area contributed by atoms with Gasteiger partial charge in [0.1, 0.15) is 28.7 Å². The van der Waals surface area contributed by atoms with Crippen molar-refractivity contribution in [3.05, 3.63) is 23.3 Å². The highest BCUT2D eigenvalue weighted by atomic mass is 16.5. The number of likely N-dealkylation sites (tertiary alicyclic amines) is 1. The number of aryl methyl sites for hydroxylation is 1. The number of aromatic carboxylic acids is 1. The Morgan fingerprint density at radius 3 is 2.73 bits per heavy atom. The van der Waals surface area contributed by atoms with Gasteiger partial charge in [-0.25, -0.2) is 4.79 Å². The van der Waals surface area contributed by atoms with Crippen LogP contribution in [0.1, 0.15) is 22.8 Å². The normalized spacial score (nSPS) is 19.7. The number of benzene rings is 1. The van der Waals surface area contributed by atoms with Gasteiger partial charge in [0.15, 0.2) is 0 Å². The molecule has 2 aliphatic heterocycles. The van der Waals surface area contributed by atoms with E-state index in [1.807, 2.05) is 4.90 Å². The van der Waals surface area contributed by atoms with Crippen LogP contribution >= 0.6 is 0 Å². The molecule has 1 aromatic carbocycles. The number of nitrogens with two attached hydrogens (primary N) is 1. The summed E-state index contributed by atoms with van der Waals surface area (Å²) < 4.78 is 11.1. The maximum absolute atomic E-state index is 11.7. The Balaban J connectivity index is 1.69. The van der Waals surface area contributed by atoms with Crippen molar-refractivity contribution in [1.82, 2.24) is 4.90 Å². The number of fused-ring (bicyclic) bond motifs is 1. The van der Waals surface area contributed by atoms with Crippen LogP contribution in [-0.4, -0.2) is 70.5 Å². The van der Waals surface area contributed by atoms with Crippen LogP contribution in [-0.2, 0) is 11.2 Å². The topological polar surface area (TPSA) is 143 Å². The fourth-order valence-electron chi connectivity index (χ4n) is 3.15. The summed E-state index contributed by atoms with van der Waals surface area (Å²) in [5.41, 5.74) is 4.98. The largest absolute Gasteiger partial charge is 0.535 e. The first kappa shape index (κ1) is 18.5. The van der Waals surface area contributed by atoms with Crippen LogP contribution in [0.5, 0.6) is 11.5 Å². The number of hydrogen-bond acceptors (Lipinski definition) is 7. The molecule has 140 valence electrons. The number of carbonyl (C=O) groups is 2. The van der Waals surface area contributed by atoms with E-state index in [1.165, 1.54) is 6.92 Å². The lowest BCUT2D eigenvalue weighted by molar-refractivity contribution is -0.144. The number of nitrogens with zero attached hydrogens (tertiary/aromatic N) is 1. The van der Waals surface area contributed by atoms with Gasteiger partial charge in [0.25, 0.3) is 0 Å². The van der Waals surface area contributed by atoms with Gasteiger partial charge in [0.05, 0.1) is 0 Å². The molecule has 9 nitrogen and oxygen atoms in total. The van der Waals surface area contributed by atoms with E-state index in [2.05, 4.69) is 0 Å². The molecule has 2 aliphatic rings. The van der Waals surface area contributed by atoms with E-state index in [0.29, 0.717) is 25.8 Å². The van der Waals surface area contributed by atoms with Crippen molar-refractivity contribution >= 4 is 19.1 Å². The minimum atomic E-state index is -1.35. The maximum Gasteiger partial charge on any atom is 0.522 e. The quantitative estimate of drug-likeness (QED) is 0.499. The summed E-state index contributed by atoms with van der Waals surface area (Å²) in [7, 11) is -1.03. The van der Waals surface area contributed by atoms with Crippen LogP contribution in [0.3, 0.4) is 0 Å². The zero-order valence-corrected chi connectivity index (χ0v) is 14.3. The fraction of sp³-hybridized carbons (Fsp3) is 0.500. The first-order valence-corrected chi connectivity index (χ1v) is 8.32. The van der Waals surface area contributed by atoms with Crippen LogP contribution in [0.4, 0.5) is 0 Å². The predicted octanol–water partition coefficient (Wildman–Crippen LogP) is -0.335. The van der Waals surface area contributed by atoms with Crippen molar-refractivity contribution in [2.75, 3.05) is 19.6 Å². The molecule has 0 radical (unpaired) electrons. The van der Waals surface area contributed by atoms with E-state index >= 15 is 0 Å². The average molecular weight is 364 g/mol. The van der Waals surface area contributed by atoms with Gasteiger partial charge in [0.2, 0.25) is 0 Å². The van der Waals surface area contributed by atoms with E-state index < -0.39 is 24.6 Å². The average Bonchev–Trinajstić information content (AvgIpc) is 2.51. The van der Waals surface area contributed by atoms with Crippen LogP contribution in [0.15, 0.2) is 12.1 Å². The molecule has 10 heteroatoms. The molecule has 0 amide bonds. The number of ether oxygens (including phenoxy) is 1. The highest BCUT2D eigenvalue weighted by Crippen LogP contribution is 2.37. The minimum Gasteiger partial charge on any atom is -0.535 e. The van der Waals surface area contributed by atoms with E-state index in [1.54, 1.807) is 12.1 Å². The van der Waals surface area contributed by atoms with Crippen molar-refractivity contribution < 1.29 is 34.2 Å². The Hall–Kier alpha value is -2.30. The fourth-order valence-corrected chi connectivity index (χ4v) is 3.15. The second kappa shape index (κ2) is 6.78. The Morgan fingerprint density at radius 2 is 2.12 bits per heavy atom. The molecule has 0 aliphatic carbocycles. The van der Waals surface area contributed by atoms with Crippen LogP contribution in [0.25, 0.3) is 0 Å². The summed E-state index contributed by atoms with van der Waals surface area (Å²) in [4.78, 5) is 24.6. The zero-order valence-electron chi connectivity index (χ0n) is 14.3. The lowest BCUT2D eigenvalue weighted by atomic mass is 9.78. The van der Waals surface area contributed by atoms with Gasteiger partial charge in [-0.05, 0) is 31.3 Å². The standard InChI is InChI=1S/C16H21BN2O7/c1-16(18,15(22)23)8-19-6-10(7-19)25-11-3-2-9-4-5-17(24)26-13(9)12(11)14(20)21/h2-3,10,24H,4-8,18H2,1H3,(H,20,21)(H,22,23)/t16-/m1/s1. The monoisotopic (exact) mass is 364 g/mol. The predicted molar refractivity (Wildman–Crippen MR) is 91.6 cm³/mol. The Bertz CT molecular complexity index is 734. The number of carboxylic acids is 2. The maximum atomic E-state index is 11.7. The highest BCUT2D eigenvalue weighted by Gasteiger charge is 2.38. The molecule has 0 saturated carbocycles. The van der Waals surface area contributed by atoms with Gasteiger partial charge in [-0.15, -0.1) is 0 Å². The van der Waals surface area contributed by atoms with Crippen molar-refractivity contribution in [3.8, 4) is 11.5 Å². The smallest absolute Gasteiger partial charge is 0.522 e. The molecular weight excluding hydrogens is 343 g/mol. The molecule has 1 aromatic rings. The van der Waals surface area contributed by atoms with Crippen LogP contribution < -0.4 is 15.1 Å². The van der Waals surface area contributed by atoms with Gasteiger partial charge < -0.3 is 30.4 Å². The first-order chi connectivity index (χ1) is 12.2. The molecule has 2 heterocycles. The zero-order chi connectivity index (χ0) is 19.1. The second-order valence-corrected chi connectivity index (χ2v) is 7.00. The Morgan fingerprint density at radius 1 is 1.42 bits per heavy atom. The summed E-state index contributed by atoms with van der Waals surface area (Å²) in [6.45, 7) is 2.51. The molecule has 0 bridgehead atoms. The van der Waals surface area contributed by atoms with Gasteiger partial charge in [0, 0.05) is 19.6 Å². The Kier molecular flexibility index (Phi) is 4.83. The van der Waals surface area contributed by atoms with E-state index in [0.717, 1.165) is 5.56 Å². The molecule has 0 unspecified atom stereocenters. The number of aliphatic carboxylic acids is 1. The second-order valence-electron chi connectivity index (χ2n) is 7.00. The Labute approximate surface area is 150 Å². The van der Waals surface area contributed by atoms with Gasteiger partial charge in [-0.1, -0.05) is 6.07 Å². The molecule has 0 spiro atoms. The summed E-state index contributed by atoms with van der Waals surface area (Å²) in [6.07, 6.45) is 0.661. The van der Waals surface area contributed by atoms with Crippen LogP contribution in [0.2, 0.25) is 6.32 Å². The third-order valence-corrected chi connectivity index (χ3v) is 4.59. The SMILES string of the molecule is C[C@@](N)(CN1CC(Oc2ccc3c(c2C(=O)O)OB(O)CC3)C1)C(=O)O. The summed E-state index contributed by atoms with van der Waals surface area (Å²) in [6, 6.07) is 3.33. The molecule has 0 aromatic heterocycles. The summed E-state index contributed by atoms with van der Waals surface area (Å²) in [5, 5.41) is 28.3. The minimum absolute atomic E-state index is 0.103. The number of rotatable bonds is 6.